The van der Waals surface area contributed by atoms with Crippen molar-refractivity contribution in [3.8, 4) is 0 Å². The van der Waals surface area contributed by atoms with E-state index in [2.05, 4.69) is 0 Å². The van der Waals surface area contributed by atoms with Crippen LogP contribution >= 0.6 is 11.6 Å². The lowest BCUT2D eigenvalue weighted by Crippen LogP contribution is -2.34. The van der Waals surface area contributed by atoms with Crippen molar-refractivity contribution < 1.29 is 19.2 Å². The predicted octanol–water partition coefficient (Wildman–Crippen LogP) is 4.22. The average molecular weight is 500 g/mol. The van der Waals surface area contributed by atoms with Crippen molar-refractivity contribution in [1.29, 1.82) is 0 Å². The van der Waals surface area contributed by atoms with Gasteiger partial charge in [-0.05, 0) is 34.0 Å². The molecule has 36 heavy (non-hydrogen) atoms. The lowest BCUT2D eigenvalue weighted by atomic mass is 9.84. The van der Waals surface area contributed by atoms with Crippen LogP contribution in [0.4, 0.5) is 0 Å². The third-order valence-electron chi connectivity index (χ3n) is 7.20. The molecule has 2 aliphatic heterocycles. The second-order valence-electron chi connectivity index (χ2n) is 9.19. The van der Waals surface area contributed by atoms with Crippen molar-refractivity contribution in [1.82, 2.24) is 9.96 Å². The van der Waals surface area contributed by atoms with Gasteiger partial charge in [0.1, 0.15) is 0 Å². The van der Waals surface area contributed by atoms with E-state index in [1.165, 1.54) is 7.05 Å². The van der Waals surface area contributed by atoms with Crippen molar-refractivity contribution >= 4 is 50.9 Å². The van der Waals surface area contributed by atoms with Crippen LogP contribution in [0.25, 0.3) is 21.5 Å². The standard InChI is InChI=1S/C28H22ClN3O4/c1-31-27(34)22-24(21-17-6-2-4-8-19(17)23(29)20-9-5-3-7-18(20)21)32(36-25(22)28(31)35)14-15-10-12-16(13-11-15)26(30)33/h2-13,22,24-25H,14H2,1H3,(H2,30,33). The van der Waals surface area contributed by atoms with Gasteiger partial charge in [-0.25, -0.2) is 0 Å². The maximum Gasteiger partial charge on any atom is 0.261 e. The monoisotopic (exact) mass is 499 g/mol. The number of primary amides is 1. The summed E-state index contributed by atoms with van der Waals surface area (Å²) in [6, 6.07) is 22.0. The summed E-state index contributed by atoms with van der Waals surface area (Å²) in [7, 11) is 1.49. The molecule has 4 aromatic rings. The molecule has 2 aliphatic rings. The van der Waals surface area contributed by atoms with E-state index in [1.54, 1.807) is 29.3 Å². The number of carbonyl (C=O) groups is 3. The zero-order valence-corrected chi connectivity index (χ0v) is 20.1. The molecule has 2 saturated heterocycles. The molecule has 3 unspecified atom stereocenters. The Morgan fingerprint density at radius 1 is 0.889 bits per heavy atom. The SMILES string of the molecule is CN1C(=O)C2ON(Cc3ccc(C(N)=O)cc3)C(c3c4ccccc4c(Cl)c4ccccc34)C2C1=O. The number of rotatable bonds is 4. The number of hydroxylamine groups is 2. The van der Waals surface area contributed by atoms with Crippen molar-refractivity contribution in [3.05, 3.63) is 94.5 Å². The van der Waals surface area contributed by atoms with Crippen LogP contribution in [0.5, 0.6) is 0 Å². The van der Waals surface area contributed by atoms with Gasteiger partial charge in [-0.3, -0.25) is 24.1 Å². The number of amides is 3. The number of halogens is 1. The minimum atomic E-state index is -0.911. The van der Waals surface area contributed by atoms with Gasteiger partial charge in [-0.1, -0.05) is 72.3 Å². The minimum absolute atomic E-state index is 0.273. The van der Waals surface area contributed by atoms with E-state index in [1.807, 2.05) is 48.5 Å². The Labute approximate surface area is 211 Å². The summed E-state index contributed by atoms with van der Waals surface area (Å²) in [5.41, 5.74) is 7.52. The van der Waals surface area contributed by atoms with Crippen molar-refractivity contribution in [2.75, 3.05) is 7.05 Å². The molecule has 6 rings (SSSR count). The van der Waals surface area contributed by atoms with E-state index in [0.29, 0.717) is 17.1 Å². The molecule has 0 saturated carbocycles. The zero-order valence-electron chi connectivity index (χ0n) is 19.4. The Kier molecular flexibility index (Phi) is 5.30. The Hall–Kier alpha value is -3.78. The first-order valence-electron chi connectivity index (χ1n) is 11.6. The second-order valence-corrected chi connectivity index (χ2v) is 9.57. The molecule has 8 heteroatoms. The number of nitrogens with two attached hydrogens (primary N) is 1. The van der Waals surface area contributed by atoms with Gasteiger partial charge in [0, 0.05) is 29.9 Å². The highest BCUT2D eigenvalue weighted by atomic mass is 35.5. The van der Waals surface area contributed by atoms with Crippen LogP contribution in [-0.4, -0.2) is 40.8 Å². The third-order valence-corrected chi connectivity index (χ3v) is 7.60. The van der Waals surface area contributed by atoms with Gasteiger partial charge in [0.25, 0.3) is 5.91 Å². The fourth-order valence-corrected chi connectivity index (χ4v) is 5.78. The molecule has 0 bridgehead atoms. The average Bonchev–Trinajstić information content (AvgIpc) is 3.35. The predicted molar refractivity (Wildman–Crippen MR) is 136 cm³/mol. The molecule has 3 amide bonds. The molecule has 7 nitrogen and oxygen atoms in total. The lowest BCUT2D eigenvalue weighted by molar-refractivity contribution is -0.183. The van der Waals surface area contributed by atoms with E-state index in [4.69, 9.17) is 22.2 Å². The minimum Gasteiger partial charge on any atom is -0.366 e. The number of likely N-dealkylation sites (tertiary alicyclic amines) is 1. The van der Waals surface area contributed by atoms with Crippen LogP contribution in [0.15, 0.2) is 72.8 Å². The second kappa shape index (κ2) is 8.41. The van der Waals surface area contributed by atoms with Gasteiger partial charge >= 0.3 is 0 Å². The summed E-state index contributed by atoms with van der Waals surface area (Å²) in [6.07, 6.45) is -0.911. The largest absolute Gasteiger partial charge is 0.366 e. The number of hydrogen-bond acceptors (Lipinski definition) is 5. The van der Waals surface area contributed by atoms with Crippen molar-refractivity contribution in [3.63, 3.8) is 0 Å². The highest BCUT2D eigenvalue weighted by molar-refractivity contribution is 6.41. The van der Waals surface area contributed by atoms with Gasteiger partial charge in [0.2, 0.25) is 11.8 Å². The van der Waals surface area contributed by atoms with Crippen LogP contribution < -0.4 is 5.73 Å². The first kappa shape index (κ1) is 22.7. The van der Waals surface area contributed by atoms with Gasteiger partial charge < -0.3 is 5.73 Å². The molecule has 180 valence electrons. The summed E-state index contributed by atoms with van der Waals surface area (Å²) in [4.78, 5) is 45.2. The molecule has 2 heterocycles. The lowest BCUT2D eigenvalue weighted by Gasteiger charge is -2.29. The molecule has 0 aromatic heterocycles. The van der Waals surface area contributed by atoms with Crippen LogP contribution in [0.2, 0.25) is 5.02 Å². The topological polar surface area (TPSA) is 92.9 Å². The van der Waals surface area contributed by atoms with E-state index < -0.39 is 24.0 Å². The Bertz CT molecular complexity index is 1510. The normalized spacial score (nSPS) is 22.1. The highest BCUT2D eigenvalue weighted by Crippen LogP contribution is 2.50. The van der Waals surface area contributed by atoms with Crippen LogP contribution in [0.3, 0.4) is 0 Å². The number of carbonyl (C=O) groups excluding carboxylic acids is 3. The number of imide groups is 1. The molecule has 0 spiro atoms. The zero-order chi connectivity index (χ0) is 25.1. The molecular formula is C28H22ClN3O4. The van der Waals surface area contributed by atoms with Gasteiger partial charge in [0.05, 0.1) is 17.0 Å². The smallest absolute Gasteiger partial charge is 0.261 e. The summed E-state index contributed by atoms with van der Waals surface area (Å²) >= 11 is 6.83. The van der Waals surface area contributed by atoms with Gasteiger partial charge in [0.15, 0.2) is 6.10 Å². The number of fused-ring (bicyclic) bond motifs is 3. The van der Waals surface area contributed by atoms with Crippen molar-refractivity contribution in [2.24, 2.45) is 11.7 Å². The summed E-state index contributed by atoms with van der Waals surface area (Å²) in [5.74, 6) is -1.85. The van der Waals surface area contributed by atoms with Crippen LogP contribution in [0.1, 0.15) is 27.5 Å². The van der Waals surface area contributed by atoms with Gasteiger partial charge in [-0.15, -0.1) is 0 Å². The number of benzene rings is 4. The summed E-state index contributed by atoms with van der Waals surface area (Å²) in [6.45, 7) is 0.298. The Morgan fingerprint density at radius 3 is 2.00 bits per heavy atom. The Balaban J connectivity index is 1.56. The number of nitrogens with zero attached hydrogens (tertiary/aromatic N) is 2. The highest BCUT2D eigenvalue weighted by Gasteiger charge is 2.59. The summed E-state index contributed by atoms with van der Waals surface area (Å²) in [5, 5.41) is 5.90. The molecule has 2 N–H and O–H groups in total. The molecule has 0 radical (unpaired) electrons. The van der Waals surface area contributed by atoms with E-state index in [9.17, 15) is 14.4 Å². The molecule has 3 atom stereocenters. The first-order chi connectivity index (χ1) is 17.4. The maximum atomic E-state index is 13.4. The molecular weight excluding hydrogens is 478 g/mol. The van der Waals surface area contributed by atoms with E-state index in [-0.39, 0.29) is 11.8 Å². The number of hydrogen-bond donors (Lipinski definition) is 1. The molecule has 0 aliphatic carbocycles. The Morgan fingerprint density at radius 2 is 1.44 bits per heavy atom. The fraction of sp³-hybridized carbons (Fsp3) is 0.179. The van der Waals surface area contributed by atoms with Gasteiger partial charge in [-0.2, -0.15) is 5.06 Å². The third kappa shape index (κ3) is 3.32. The molecule has 4 aromatic carbocycles. The summed E-state index contributed by atoms with van der Waals surface area (Å²) < 4.78 is 0. The fourth-order valence-electron chi connectivity index (χ4n) is 5.45. The van der Waals surface area contributed by atoms with Crippen LogP contribution in [0, 0.1) is 5.92 Å². The number of likely N-dealkylation sites (N-methyl/N-ethyl adjacent to an activating group) is 1. The molecule has 2 fully saturated rings. The van der Waals surface area contributed by atoms with Crippen LogP contribution in [-0.2, 0) is 21.0 Å². The van der Waals surface area contributed by atoms with E-state index in [0.717, 1.165) is 37.6 Å². The maximum absolute atomic E-state index is 13.4. The van der Waals surface area contributed by atoms with Crippen molar-refractivity contribution in [2.45, 2.75) is 18.7 Å². The quantitative estimate of drug-likeness (QED) is 0.335. The first-order valence-corrected chi connectivity index (χ1v) is 12.0. The van der Waals surface area contributed by atoms with E-state index >= 15 is 0 Å².